The van der Waals surface area contributed by atoms with Crippen LogP contribution in [0.1, 0.15) is 52.2 Å². The van der Waals surface area contributed by atoms with Crippen molar-refractivity contribution in [3.8, 4) is 0 Å². The SMILES string of the molecule is CC(=O)NC[C@H](NC(=O)/C=C/C(=O)NCC(=O)NCC(=O)N[C@@H](Cc1ccccc1)C(=O)O)C(=O)N[C@@H](Cc1ccccc1)C(=O)N[C@@H](CC(C)C)C(=O)N[C@H](C(N)=O)C(C)C. The monoisotopic (exact) mass is 863 g/mol. The summed E-state index contributed by atoms with van der Waals surface area (Å²) in [6.45, 7) is 6.59. The molecule has 0 aliphatic carbocycles. The van der Waals surface area contributed by atoms with Gasteiger partial charge in [-0.3, -0.25) is 43.2 Å². The number of carbonyl (C=O) groups is 10. The van der Waals surface area contributed by atoms with E-state index in [0.29, 0.717) is 11.1 Å². The van der Waals surface area contributed by atoms with E-state index in [2.05, 4.69) is 42.5 Å². The molecule has 0 spiro atoms. The van der Waals surface area contributed by atoms with E-state index in [1.54, 1.807) is 74.5 Å². The van der Waals surface area contributed by atoms with Gasteiger partial charge in [-0.2, -0.15) is 0 Å². The summed E-state index contributed by atoms with van der Waals surface area (Å²) in [6.07, 6.45) is 1.64. The number of aliphatic carboxylic acids is 1. The van der Waals surface area contributed by atoms with Crippen LogP contribution in [0.5, 0.6) is 0 Å². The summed E-state index contributed by atoms with van der Waals surface area (Å²) in [6, 6.07) is 11.0. The summed E-state index contributed by atoms with van der Waals surface area (Å²) in [5.74, 6) is -8.80. The summed E-state index contributed by atoms with van der Waals surface area (Å²) in [4.78, 5) is 126. The van der Waals surface area contributed by atoms with E-state index in [9.17, 15) is 53.1 Å². The molecule has 62 heavy (non-hydrogen) atoms. The molecule has 11 N–H and O–H groups in total. The number of rotatable bonds is 25. The van der Waals surface area contributed by atoms with E-state index in [1.807, 2.05) is 13.8 Å². The summed E-state index contributed by atoms with van der Waals surface area (Å²) in [5.41, 5.74) is 6.79. The summed E-state index contributed by atoms with van der Waals surface area (Å²) in [5, 5.41) is 28.9. The lowest BCUT2D eigenvalue weighted by Gasteiger charge is -2.27. The standard InChI is InChI=1S/C42H57N9O11/c1-24(2)18-29(40(59)51-37(25(3)4)38(43)57)49-39(58)30(19-27-12-8-6-9-13-27)50-41(60)32(21-44-26(5)52)48-34(54)17-16-33(53)45-22-35(55)46-23-36(56)47-31(42(61)62)20-28-14-10-7-11-15-28/h6-17,24-25,29-32,37H,18-23H2,1-5H3,(H2,43,57)(H,44,52)(H,45,53)(H,46,55)(H,47,56)(H,48,54)(H,49,58)(H,50,60)(H,51,59)(H,61,62)/b17-16+/t29-,30-,31-,32-,37-/m0/s1. The Morgan fingerprint density at radius 1 is 0.581 bits per heavy atom. The molecular formula is C42H57N9O11. The molecule has 0 aromatic heterocycles. The third kappa shape index (κ3) is 19.8. The summed E-state index contributed by atoms with van der Waals surface area (Å²) < 4.78 is 0. The number of amides is 9. The van der Waals surface area contributed by atoms with E-state index in [1.165, 1.54) is 6.92 Å². The van der Waals surface area contributed by atoms with Crippen LogP contribution in [0.4, 0.5) is 0 Å². The first-order chi connectivity index (χ1) is 29.2. The Morgan fingerprint density at radius 2 is 1.08 bits per heavy atom. The molecule has 0 bridgehead atoms. The van der Waals surface area contributed by atoms with Crippen LogP contribution in [0.15, 0.2) is 72.8 Å². The normalized spacial score (nSPS) is 13.3. The van der Waals surface area contributed by atoms with Crippen molar-refractivity contribution in [3.63, 3.8) is 0 Å². The zero-order chi connectivity index (χ0) is 46.4. The highest BCUT2D eigenvalue weighted by molar-refractivity contribution is 6.00. The van der Waals surface area contributed by atoms with Gasteiger partial charge in [-0.1, -0.05) is 88.4 Å². The molecule has 20 heteroatoms. The van der Waals surface area contributed by atoms with E-state index < -0.39 is 109 Å². The highest BCUT2D eigenvalue weighted by Gasteiger charge is 2.32. The first-order valence-corrected chi connectivity index (χ1v) is 19.8. The van der Waals surface area contributed by atoms with Crippen LogP contribution in [-0.2, 0) is 60.8 Å². The zero-order valence-electron chi connectivity index (χ0n) is 35.3. The van der Waals surface area contributed by atoms with Gasteiger partial charge in [0.1, 0.15) is 30.2 Å². The number of carbonyl (C=O) groups excluding carboxylic acids is 9. The van der Waals surface area contributed by atoms with Crippen molar-refractivity contribution in [2.75, 3.05) is 19.6 Å². The van der Waals surface area contributed by atoms with Gasteiger partial charge >= 0.3 is 5.97 Å². The molecule has 0 heterocycles. The molecule has 5 atom stereocenters. The molecule has 2 rings (SSSR count). The van der Waals surface area contributed by atoms with E-state index in [0.717, 1.165) is 12.2 Å². The molecule has 0 saturated carbocycles. The molecule has 0 aliphatic rings. The van der Waals surface area contributed by atoms with Crippen LogP contribution in [0.3, 0.4) is 0 Å². The second kappa shape index (κ2) is 26.2. The Labute approximate surface area is 359 Å². The third-order valence-electron chi connectivity index (χ3n) is 8.89. The van der Waals surface area contributed by atoms with Gasteiger partial charge in [0.05, 0.1) is 13.1 Å². The fourth-order valence-corrected chi connectivity index (χ4v) is 5.72. The van der Waals surface area contributed by atoms with E-state index in [4.69, 9.17) is 5.73 Å². The molecule has 0 unspecified atom stereocenters. The number of nitrogens with two attached hydrogens (primary N) is 1. The first-order valence-electron chi connectivity index (χ1n) is 19.8. The van der Waals surface area contributed by atoms with Crippen LogP contribution < -0.4 is 48.3 Å². The number of hydrogen-bond donors (Lipinski definition) is 10. The molecule has 0 saturated heterocycles. The predicted molar refractivity (Wildman–Crippen MR) is 225 cm³/mol. The first kappa shape index (κ1) is 51.0. The van der Waals surface area contributed by atoms with Crippen LogP contribution in [-0.4, -0.2) is 114 Å². The number of carboxylic acid groups (broad SMARTS) is 1. The molecule has 2 aromatic rings. The Bertz CT molecular complexity index is 1920. The van der Waals surface area contributed by atoms with Crippen molar-refractivity contribution in [2.45, 2.75) is 84.1 Å². The lowest BCUT2D eigenvalue weighted by Crippen LogP contribution is -2.60. The van der Waals surface area contributed by atoms with Gasteiger partial charge in [0.2, 0.25) is 53.2 Å². The van der Waals surface area contributed by atoms with Crippen molar-refractivity contribution in [3.05, 3.63) is 83.9 Å². The quantitative estimate of drug-likeness (QED) is 0.0492. The van der Waals surface area contributed by atoms with Gasteiger partial charge in [0.15, 0.2) is 0 Å². The minimum absolute atomic E-state index is 0.0114. The maximum absolute atomic E-state index is 13.9. The second-order valence-corrected chi connectivity index (χ2v) is 15.0. The smallest absolute Gasteiger partial charge is 0.326 e. The lowest BCUT2D eigenvalue weighted by atomic mass is 9.99. The topological polar surface area (TPSA) is 313 Å². The zero-order valence-corrected chi connectivity index (χ0v) is 35.3. The van der Waals surface area contributed by atoms with Gasteiger partial charge in [0.25, 0.3) is 0 Å². The summed E-state index contributed by atoms with van der Waals surface area (Å²) in [7, 11) is 0. The number of carboxylic acids is 1. The number of primary amides is 1. The second-order valence-electron chi connectivity index (χ2n) is 15.0. The van der Waals surface area contributed by atoms with Crippen LogP contribution in [0, 0.1) is 11.8 Å². The Morgan fingerprint density at radius 3 is 1.60 bits per heavy atom. The molecule has 2 aromatic carbocycles. The number of hydrogen-bond acceptors (Lipinski definition) is 10. The van der Waals surface area contributed by atoms with Crippen LogP contribution in [0.25, 0.3) is 0 Å². The largest absolute Gasteiger partial charge is 0.480 e. The minimum atomic E-state index is -1.48. The summed E-state index contributed by atoms with van der Waals surface area (Å²) >= 11 is 0. The van der Waals surface area contributed by atoms with Crippen LogP contribution >= 0.6 is 0 Å². The predicted octanol–water partition coefficient (Wildman–Crippen LogP) is -1.91. The van der Waals surface area contributed by atoms with Gasteiger partial charge in [-0.25, -0.2) is 4.79 Å². The fraction of sp³-hybridized carbons (Fsp3) is 0.429. The number of benzene rings is 2. The van der Waals surface area contributed by atoms with Crippen molar-refractivity contribution in [1.82, 2.24) is 42.5 Å². The average molecular weight is 864 g/mol. The minimum Gasteiger partial charge on any atom is -0.480 e. The molecule has 0 radical (unpaired) electrons. The lowest BCUT2D eigenvalue weighted by molar-refractivity contribution is -0.141. The Kier molecular flexibility index (Phi) is 21.5. The van der Waals surface area contributed by atoms with Crippen molar-refractivity contribution < 1.29 is 53.1 Å². The van der Waals surface area contributed by atoms with Gasteiger partial charge in [-0.05, 0) is 29.4 Å². The molecule has 0 fully saturated rings. The number of nitrogens with one attached hydrogen (secondary N) is 8. The molecule has 336 valence electrons. The van der Waals surface area contributed by atoms with E-state index >= 15 is 0 Å². The third-order valence-corrected chi connectivity index (χ3v) is 8.89. The van der Waals surface area contributed by atoms with Gasteiger partial charge in [-0.15, -0.1) is 0 Å². The van der Waals surface area contributed by atoms with Crippen molar-refractivity contribution in [1.29, 1.82) is 0 Å². The fourth-order valence-electron chi connectivity index (χ4n) is 5.72. The van der Waals surface area contributed by atoms with Crippen molar-refractivity contribution >= 4 is 59.1 Å². The molecule has 0 aliphatic heterocycles. The van der Waals surface area contributed by atoms with Gasteiger partial charge < -0.3 is 53.4 Å². The Balaban J connectivity index is 2.09. The van der Waals surface area contributed by atoms with E-state index in [-0.39, 0.29) is 31.1 Å². The maximum atomic E-state index is 13.9. The maximum Gasteiger partial charge on any atom is 0.326 e. The molecule has 20 nitrogen and oxygen atoms in total. The molecule has 9 amide bonds. The average Bonchev–Trinajstić information content (AvgIpc) is 3.21. The van der Waals surface area contributed by atoms with Crippen molar-refractivity contribution in [2.24, 2.45) is 17.6 Å². The van der Waals surface area contributed by atoms with Gasteiger partial charge in [0, 0.05) is 38.5 Å². The van der Waals surface area contributed by atoms with Crippen LogP contribution in [0.2, 0.25) is 0 Å². The highest BCUT2D eigenvalue weighted by Crippen LogP contribution is 2.10. The molecular weight excluding hydrogens is 807 g/mol. The Hall–Kier alpha value is -7.12. The highest BCUT2D eigenvalue weighted by atomic mass is 16.4.